The predicted octanol–water partition coefficient (Wildman–Crippen LogP) is 7.51. The highest BCUT2D eigenvalue weighted by atomic mass is 35.5. The number of carbonyl (C=O) groups excluding carboxylic acids is 1. The van der Waals surface area contributed by atoms with Crippen LogP contribution in [0.5, 0.6) is 0 Å². The number of anilines is 1. The van der Waals surface area contributed by atoms with E-state index in [1.165, 1.54) is 30.7 Å². The van der Waals surface area contributed by atoms with Crippen molar-refractivity contribution in [3.05, 3.63) is 93.0 Å². The number of pyridine rings is 1. The number of ether oxygens (including phenoxy) is 1. The lowest BCUT2D eigenvalue weighted by Gasteiger charge is -2.34. The topological polar surface area (TPSA) is 167 Å². The van der Waals surface area contributed by atoms with E-state index in [0.29, 0.717) is 34.7 Å². The van der Waals surface area contributed by atoms with Crippen LogP contribution in [0.25, 0.3) is 22.0 Å². The molecule has 2 saturated carbocycles. The van der Waals surface area contributed by atoms with Crippen molar-refractivity contribution in [3.63, 3.8) is 0 Å². The Morgan fingerprint density at radius 1 is 0.985 bits per heavy atom. The van der Waals surface area contributed by atoms with E-state index >= 15 is 8.78 Å². The molecule has 2 aromatic carbocycles. The van der Waals surface area contributed by atoms with Gasteiger partial charge in [-0.15, -0.1) is 0 Å². The Bertz CT molecular complexity index is 3070. The van der Waals surface area contributed by atoms with Gasteiger partial charge in [-0.25, -0.2) is 39.4 Å². The van der Waals surface area contributed by atoms with Crippen LogP contribution >= 0.6 is 11.6 Å². The molecule has 4 aliphatic rings. The number of hydrogen-bond acceptors (Lipinski definition) is 9. The number of benzene rings is 2. The maximum Gasteiger partial charge on any atom is 0.293 e. The third-order valence-corrected chi connectivity index (χ3v) is 16.2. The number of halogens is 7. The van der Waals surface area contributed by atoms with E-state index in [1.54, 1.807) is 12.1 Å². The lowest BCUT2D eigenvalue weighted by molar-refractivity contribution is -0.123. The molecule has 4 heterocycles. The largest absolute Gasteiger partial charge is 0.377 e. The van der Waals surface area contributed by atoms with Crippen LogP contribution in [-0.4, -0.2) is 76.8 Å². The van der Waals surface area contributed by atoms with Crippen LogP contribution in [0.15, 0.2) is 42.5 Å². The molecule has 0 bridgehead atoms. The number of carbonyl (C=O) groups is 1. The summed E-state index contributed by atoms with van der Waals surface area (Å²) >= 11 is 6.75. The van der Waals surface area contributed by atoms with Crippen molar-refractivity contribution < 1.29 is 52.7 Å². The predicted molar refractivity (Wildman–Crippen MR) is 227 cm³/mol. The summed E-state index contributed by atoms with van der Waals surface area (Å²) in [7, 11) is -7.61. The Hall–Kier alpha value is -5.17. The SMILES string of the molecule is CC(C)(C#Cc1ccc(-c2ccc(Cl)c3c(NS(C)(=O)=O)nn(C4COC4)c23)c([C@H](Cc2cc(F)cc(F)c2)NC(=O)Cn2nc(C(F)F)c3c2C(F)(F)[C@@H]2CC[C@H]32)n1)S(=O)(=O)C1CC1. The van der Waals surface area contributed by atoms with Crippen LogP contribution in [0.1, 0.15) is 97.9 Å². The Labute approximate surface area is 374 Å². The Balaban J connectivity index is 1.22. The average molecular weight is 964 g/mol. The van der Waals surface area contributed by atoms with Gasteiger partial charge in [0, 0.05) is 28.7 Å². The van der Waals surface area contributed by atoms with E-state index in [-0.39, 0.29) is 70.4 Å². The summed E-state index contributed by atoms with van der Waals surface area (Å²) in [5.41, 5.74) is -1.07. The summed E-state index contributed by atoms with van der Waals surface area (Å²) in [5.74, 6) is -3.01. The van der Waals surface area contributed by atoms with Crippen LogP contribution in [-0.2, 0) is 48.3 Å². The first-order valence-corrected chi connectivity index (χ1v) is 24.4. The molecule has 9 rings (SSSR count). The van der Waals surface area contributed by atoms with Crippen molar-refractivity contribution in [1.29, 1.82) is 0 Å². The summed E-state index contributed by atoms with van der Waals surface area (Å²) in [6.07, 6.45) is -1.32. The lowest BCUT2D eigenvalue weighted by atomic mass is 9.73. The summed E-state index contributed by atoms with van der Waals surface area (Å²) < 4.78 is 150. The molecule has 344 valence electrons. The average Bonchev–Trinajstić information content (AvgIpc) is 3.85. The highest BCUT2D eigenvalue weighted by Crippen LogP contribution is 2.63. The monoisotopic (exact) mass is 963 g/mol. The summed E-state index contributed by atoms with van der Waals surface area (Å²) in [6, 6.07) is 6.93. The quantitative estimate of drug-likeness (QED) is 0.0897. The van der Waals surface area contributed by atoms with Crippen molar-refractivity contribution in [2.75, 3.05) is 24.2 Å². The van der Waals surface area contributed by atoms with Gasteiger partial charge in [-0.2, -0.15) is 19.0 Å². The molecule has 0 radical (unpaired) electrons. The van der Waals surface area contributed by atoms with Crippen molar-refractivity contribution in [2.24, 2.45) is 5.92 Å². The van der Waals surface area contributed by atoms with E-state index in [2.05, 4.69) is 32.1 Å². The number of alkyl halides is 4. The van der Waals surface area contributed by atoms with Gasteiger partial charge < -0.3 is 10.1 Å². The Morgan fingerprint density at radius 2 is 1.68 bits per heavy atom. The Morgan fingerprint density at radius 3 is 2.28 bits per heavy atom. The van der Waals surface area contributed by atoms with E-state index in [1.807, 2.05) is 0 Å². The van der Waals surface area contributed by atoms with Gasteiger partial charge in [-0.3, -0.25) is 18.9 Å². The van der Waals surface area contributed by atoms with Crippen LogP contribution in [0, 0.1) is 29.4 Å². The molecule has 1 saturated heterocycles. The van der Waals surface area contributed by atoms with Gasteiger partial charge in [0.1, 0.15) is 40.0 Å². The number of nitrogens with zero attached hydrogens (tertiary/aromatic N) is 5. The van der Waals surface area contributed by atoms with Crippen molar-refractivity contribution >= 4 is 54.1 Å². The molecule has 2 N–H and O–H groups in total. The summed E-state index contributed by atoms with van der Waals surface area (Å²) in [6.45, 7) is 2.34. The number of sulfone groups is 1. The second-order valence-corrected chi connectivity index (χ2v) is 22.4. The summed E-state index contributed by atoms with van der Waals surface area (Å²) in [4.78, 5) is 19.1. The van der Waals surface area contributed by atoms with Gasteiger partial charge in [-0.1, -0.05) is 23.6 Å². The standard InChI is InChI=1S/C43H40ClF6N7O6S2/c1-42(2,65(61,62)26-5-6-26)13-12-24-4-7-27(28-9-11-31(44)35-38(28)57(25-19-63-20-25)54-41(35)55-64(3,59)60)36(51-24)32(16-21-14-22(45)17-23(46)15-21)52-33(58)18-56-39-34(37(53-56)40(47)48)29-8-10-30(29)43(39,49)50/h4,7,9,11,14-15,17,25-26,29-30,32,40H,5-6,8,10,16,18-20H2,1-3H3,(H,52,58)(H,54,55)/t29-,30+,32-/m0/s1. The van der Waals surface area contributed by atoms with Gasteiger partial charge in [-0.05, 0) is 93.7 Å². The molecule has 1 aliphatic heterocycles. The molecule has 65 heavy (non-hydrogen) atoms. The number of rotatable bonds is 13. The van der Waals surface area contributed by atoms with Gasteiger partial charge in [0.15, 0.2) is 15.7 Å². The molecule has 5 aromatic rings. The zero-order valence-electron chi connectivity index (χ0n) is 34.8. The maximum atomic E-state index is 15.8. The number of amides is 1. The first kappa shape index (κ1) is 45.0. The number of hydrogen-bond donors (Lipinski definition) is 2. The fraction of sp³-hybridized carbons (Fsp3) is 0.442. The van der Waals surface area contributed by atoms with Crippen LogP contribution in [0.2, 0.25) is 5.02 Å². The van der Waals surface area contributed by atoms with Crippen LogP contribution < -0.4 is 10.0 Å². The first-order valence-electron chi connectivity index (χ1n) is 20.6. The smallest absolute Gasteiger partial charge is 0.293 e. The Kier molecular flexibility index (Phi) is 11.1. The first-order chi connectivity index (χ1) is 30.5. The molecule has 13 nitrogen and oxygen atoms in total. The zero-order valence-corrected chi connectivity index (χ0v) is 37.2. The van der Waals surface area contributed by atoms with E-state index in [0.717, 1.165) is 18.4 Å². The molecule has 22 heteroatoms. The minimum Gasteiger partial charge on any atom is -0.377 e. The van der Waals surface area contributed by atoms with Crippen LogP contribution in [0.3, 0.4) is 0 Å². The molecular formula is C43H40ClF6N7O6S2. The van der Waals surface area contributed by atoms with Crippen molar-refractivity contribution in [2.45, 2.75) is 92.8 Å². The molecule has 3 fully saturated rings. The zero-order chi connectivity index (χ0) is 46.5. The van der Waals surface area contributed by atoms with Gasteiger partial charge in [0.2, 0.25) is 15.9 Å². The van der Waals surface area contributed by atoms with E-state index < -0.39 is 108 Å². The lowest BCUT2D eigenvalue weighted by Crippen LogP contribution is -2.36. The van der Waals surface area contributed by atoms with Crippen LogP contribution in [0.4, 0.5) is 32.2 Å². The van der Waals surface area contributed by atoms with Gasteiger partial charge >= 0.3 is 0 Å². The minimum absolute atomic E-state index is 0.000350. The number of aromatic nitrogens is 5. The highest BCUT2D eigenvalue weighted by molar-refractivity contribution is 7.93. The second-order valence-electron chi connectivity index (χ2n) is 17.4. The van der Waals surface area contributed by atoms with Crippen molar-refractivity contribution in [1.82, 2.24) is 29.9 Å². The highest BCUT2D eigenvalue weighted by Gasteiger charge is 2.62. The molecule has 0 unspecified atom stereocenters. The number of fused-ring (bicyclic) bond motifs is 4. The normalized spacial score (nSPS) is 19.8. The molecule has 1 amide bonds. The van der Waals surface area contributed by atoms with Gasteiger partial charge in [0.25, 0.3) is 12.3 Å². The number of sulfonamides is 1. The van der Waals surface area contributed by atoms with E-state index in [9.17, 15) is 39.2 Å². The molecule has 0 spiro atoms. The fourth-order valence-electron chi connectivity index (χ4n) is 8.95. The van der Waals surface area contributed by atoms with Gasteiger partial charge in [0.05, 0.1) is 58.4 Å². The van der Waals surface area contributed by atoms with E-state index in [4.69, 9.17) is 21.3 Å². The minimum atomic E-state index is -3.91. The molecule has 3 atom stereocenters. The third-order valence-electron chi connectivity index (χ3n) is 12.4. The maximum absolute atomic E-state index is 15.8. The number of nitrogens with one attached hydrogen (secondary N) is 2. The summed E-state index contributed by atoms with van der Waals surface area (Å²) in [5, 5.41) is 10.8. The fourth-order valence-corrected chi connectivity index (χ4v) is 11.5. The molecule has 3 aliphatic carbocycles. The van der Waals surface area contributed by atoms with Crippen molar-refractivity contribution in [3.8, 4) is 23.0 Å². The molecule has 3 aromatic heterocycles. The second kappa shape index (κ2) is 16.0. The third kappa shape index (κ3) is 8.13. The molecular weight excluding hydrogens is 924 g/mol.